The van der Waals surface area contributed by atoms with Crippen LogP contribution in [0.25, 0.3) is 11.2 Å². The number of aliphatic hydroxyl groups is 1. The maximum Gasteiger partial charge on any atom is 0.280 e. The largest absolute Gasteiger partial charge is 0.396 e. The molecule has 0 aliphatic carbocycles. The quantitative estimate of drug-likeness (QED) is 0.581. The molecule has 2 aromatic rings. The molecule has 4 atom stereocenters. The fourth-order valence-corrected chi connectivity index (χ4v) is 3.15. The number of aromatic amines is 1. The van der Waals surface area contributed by atoms with Gasteiger partial charge >= 0.3 is 0 Å². The number of nitrogens with two attached hydrogens (primary N) is 1. The summed E-state index contributed by atoms with van der Waals surface area (Å²) in [4.78, 5) is 35.1. The zero-order valence-electron chi connectivity index (χ0n) is 15.0. The van der Waals surface area contributed by atoms with Crippen molar-refractivity contribution in [3.8, 4) is 0 Å². The highest BCUT2D eigenvalue weighted by Crippen LogP contribution is 2.35. The Morgan fingerprint density at radius 3 is 2.85 bits per heavy atom. The molecule has 10 heteroatoms. The van der Waals surface area contributed by atoms with Gasteiger partial charge in [-0.1, -0.05) is 20.8 Å². The van der Waals surface area contributed by atoms with E-state index in [-0.39, 0.29) is 47.6 Å². The van der Waals surface area contributed by atoms with Crippen molar-refractivity contribution in [2.24, 2.45) is 17.6 Å². The van der Waals surface area contributed by atoms with Gasteiger partial charge in [-0.2, -0.15) is 4.98 Å². The van der Waals surface area contributed by atoms with Crippen molar-refractivity contribution in [3.63, 3.8) is 0 Å². The number of carbonyl (C=O) groups excluding carboxylic acids is 1. The first-order valence-corrected chi connectivity index (χ1v) is 8.67. The molecule has 1 fully saturated rings. The van der Waals surface area contributed by atoms with Crippen molar-refractivity contribution in [2.75, 3.05) is 11.9 Å². The van der Waals surface area contributed by atoms with Gasteiger partial charge in [0.15, 0.2) is 17.4 Å². The average molecular weight is 364 g/mol. The van der Waals surface area contributed by atoms with Gasteiger partial charge in [0.05, 0.1) is 25.1 Å². The number of nitrogens with one attached hydrogen (secondary N) is 2. The first-order valence-electron chi connectivity index (χ1n) is 8.67. The third-order valence-electron chi connectivity index (χ3n) is 4.70. The molecule has 3 rings (SSSR count). The first-order chi connectivity index (χ1) is 12.4. The number of hydrogen-bond acceptors (Lipinski definition) is 7. The fourth-order valence-electron chi connectivity index (χ4n) is 3.15. The van der Waals surface area contributed by atoms with Gasteiger partial charge in [-0.25, -0.2) is 4.98 Å². The lowest BCUT2D eigenvalue weighted by molar-refractivity contribution is -0.118. The second-order valence-corrected chi connectivity index (χ2v) is 6.78. The Morgan fingerprint density at radius 1 is 1.54 bits per heavy atom. The summed E-state index contributed by atoms with van der Waals surface area (Å²) < 4.78 is 7.56. The van der Waals surface area contributed by atoms with E-state index in [0.717, 1.165) is 0 Å². The molecule has 0 aromatic carbocycles. The molecular formula is C16H24N6O4. The first kappa shape index (κ1) is 18.5. The van der Waals surface area contributed by atoms with Crippen LogP contribution >= 0.6 is 0 Å². The van der Waals surface area contributed by atoms with Crippen LogP contribution in [0.15, 0.2) is 11.1 Å². The van der Waals surface area contributed by atoms with Gasteiger partial charge in [-0.05, 0) is 6.42 Å². The second kappa shape index (κ2) is 7.14. The molecule has 0 bridgehead atoms. The van der Waals surface area contributed by atoms with Gasteiger partial charge in [0.1, 0.15) is 0 Å². The smallest absolute Gasteiger partial charge is 0.280 e. The molecule has 1 aliphatic rings. The average Bonchev–Trinajstić information content (AvgIpc) is 3.15. The van der Waals surface area contributed by atoms with Crippen molar-refractivity contribution in [3.05, 3.63) is 16.7 Å². The Balaban J connectivity index is 2.01. The van der Waals surface area contributed by atoms with Gasteiger partial charge < -0.3 is 15.6 Å². The molecule has 1 saturated heterocycles. The second-order valence-electron chi connectivity index (χ2n) is 6.78. The van der Waals surface area contributed by atoms with Gasteiger partial charge in [0, 0.05) is 11.8 Å². The molecule has 1 aliphatic heterocycles. The molecule has 1 amide bonds. The Bertz CT molecular complexity index is 860. The zero-order chi connectivity index (χ0) is 19.0. The Labute approximate surface area is 149 Å². The predicted molar refractivity (Wildman–Crippen MR) is 94.4 cm³/mol. The molecular weight excluding hydrogens is 340 g/mol. The molecule has 5 N–H and O–H groups in total. The van der Waals surface area contributed by atoms with Gasteiger partial charge in [-0.15, -0.1) is 0 Å². The molecule has 26 heavy (non-hydrogen) atoms. The van der Waals surface area contributed by atoms with E-state index in [4.69, 9.17) is 10.5 Å². The van der Waals surface area contributed by atoms with E-state index >= 15 is 0 Å². The summed E-state index contributed by atoms with van der Waals surface area (Å²) in [5.41, 5.74) is 6.19. The van der Waals surface area contributed by atoms with Gasteiger partial charge in [0.2, 0.25) is 11.9 Å². The maximum atomic E-state index is 12.3. The van der Waals surface area contributed by atoms with E-state index in [2.05, 4.69) is 20.3 Å². The van der Waals surface area contributed by atoms with Crippen molar-refractivity contribution < 1.29 is 14.6 Å². The van der Waals surface area contributed by atoms with Crippen LogP contribution in [0.3, 0.4) is 0 Å². The maximum absolute atomic E-state index is 12.3. The number of H-pyrrole nitrogens is 1. The van der Waals surface area contributed by atoms with Crippen LogP contribution in [0.1, 0.15) is 33.4 Å². The number of ether oxygens (including phenoxy) is 1. The minimum absolute atomic E-state index is 0.0419. The number of hydrogen-bond donors (Lipinski definition) is 4. The number of anilines is 1. The number of carbonyl (C=O) groups is 1. The lowest BCUT2D eigenvalue weighted by atomic mass is 9.96. The topological polar surface area (TPSA) is 148 Å². The highest BCUT2D eigenvalue weighted by Gasteiger charge is 2.42. The van der Waals surface area contributed by atoms with Gasteiger partial charge in [0.25, 0.3) is 5.56 Å². The number of aromatic nitrogens is 4. The third kappa shape index (κ3) is 3.11. The highest BCUT2D eigenvalue weighted by atomic mass is 16.5. The minimum atomic E-state index is -0.606. The van der Waals surface area contributed by atoms with Crippen LogP contribution in [-0.4, -0.2) is 49.3 Å². The van der Waals surface area contributed by atoms with E-state index in [1.807, 2.05) is 6.92 Å². The van der Waals surface area contributed by atoms with Crippen LogP contribution in [0, 0.1) is 11.8 Å². The Morgan fingerprint density at radius 2 is 2.27 bits per heavy atom. The lowest BCUT2D eigenvalue weighted by Gasteiger charge is -2.18. The van der Waals surface area contributed by atoms with Crippen molar-refractivity contribution in [2.45, 2.75) is 45.6 Å². The van der Waals surface area contributed by atoms with Crippen molar-refractivity contribution in [1.82, 2.24) is 19.5 Å². The van der Waals surface area contributed by atoms with E-state index in [0.29, 0.717) is 6.42 Å². The van der Waals surface area contributed by atoms with Crippen LogP contribution in [-0.2, 0) is 9.53 Å². The molecule has 2 aromatic heterocycles. The van der Waals surface area contributed by atoms with E-state index in [1.165, 1.54) is 6.33 Å². The lowest BCUT2D eigenvalue weighted by Crippen LogP contribution is -2.36. The summed E-state index contributed by atoms with van der Waals surface area (Å²) in [6, 6.07) is -0.475. The molecule has 0 saturated carbocycles. The fraction of sp³-hybridized carbons (Fsp3) is 0.625. The van der Waals surface area contributed by atoms with Crippen molar-refractivity contribution in [1.29, 1.82) is 0 Å². The normalized spacial score (nSPS) is 25.9. The summed E-state index contributed by atoms with van der Waals surface area (Å²) in [5.74, 6) is -0.702. The molecule has 0 spiro atoms. The summed E-state index contributed by atoms with van der Waals surface area (Å²) >= 11 is 0. The SMILES string of the molecule is CC[C@H]1O[C@@H](n2cnc3c(=O)[nH]c(NC(=O)C(C)C)nc32)[C@H](N)[C@@H]1CO. The standard InChI is InChI=1S/C16H24N6O4/c1-4-9-8(5-23)10(17)15(26-9)22-6-18-11-12(22)19-16(21-14(11)25)20-13(24)7(2)3/h6-10,15,23H,4-5,17H2,1-3H3,(H2,19,20,21,24,25)/t8-,9-,10-,15-/m1/s1. The van der Waals surface area contributed by atoms with E-state index < -0.39 is 17.8 Å². The molecule has 10 nitrogen and oxygen atoms in total. The minimum Gasteiger partial charge on any atom is -0.396 e. The monoisotopic (exact) mass is 364 g/mol. The van der Waals surface area contributed by atoms with Crippen molar-refractivity contribution >= 4 is 23.0 Å². The number of amides is 1. The predicted octanol–water partition coefficient (Wildman–Crippen LogP) is -0.0427. The summed E-state index contributed by atoms with van der Waals surface area (Å²) in [5, 5.41) is 12.2. The van der Waals surface area contributed by atoms with Crippen LogP contribution in [0.5, 0.6) is 0 Å². The highest BCUT2D eigenvalue weighted by molar-refractivity contribution is 5.91. The van der Waals surface area contributed by atoms with Crippen LogP contribution in [0.2, 0.25) is 0 Å². The number of fused-ring (bicyclic) bond motifs is 1. The summed E-state index contributed by atoms with van der Waals surface area (Å²) in [7, 11) is 0. The summed E-state index contributed by atoms with van der Waals surface area (Å²) in [6.07, 6.45) is 1.34. The third-order valence-corrected chi connectivity index (χ3v) is 4.70. The van der Waals surface area contributed by atoms with E-state index in [9.17, 15) is 14.7 Å². The number of imidazole rings is 1. The Kier molecular flexibility index (Phi) is 5.08. The number of nitrogens with zero attached hydrogens (tertiary/aromatic N) is 3. The number of rotatable bonds is 5. The molecule has 0 unspecified atom stereocenters. The van der Waals surface area contributed by atoms with Crippen LogP contribution < -0.4 is 16.6 Å². The zero-order valence-corrected chi connectivity index (χ0v) is 15.0. The molecule has 0 radical (unpaired) electrons. The van der Waals surface area contributed by atoms with Gasteiger partial charge in [-0.3, -0.25) is 24.5 Å². The van der Waals surface area contributed by atoms with Crippen LogP contribution in [0.4, 0.5) is 5.95 Å². The number of aliphatic hydroxyl groups excluding tert-OH is 1. The molecule has 142 valence electrons. The summed E-state index contributed by atoms with van der Waals surface area (Å²) in [6.45, 7) is 5.34. The van der Waals surface area contributed by atoms with E-state index in [1.54, 1.807) is 18.4 Å². The molecule has 3 heterocycles. The Hall–Kier alpha value is -2.30.